The van der Waals surface area contributed by atoms with Crippen LogP contribution in [-0.2, 0) is 4.43 Å². The van der Waals surface area contributed by atoms with Gasteiger partial charge in [-0.1, -0.05) is 195 Å². The normalized spacial score (nSPS) is 13.3. The van der Waals surface area contributed by atoms with E-state index in [9.17, 15) is 0 Å². The molecule has 2 aromatic rings. The van der Waals surface area contributed by atoms with Crippen LogP contribution in [0.1, 0.15) is 107 Å². The zero-order valence-corrected chi connectivity index (χ0v) is 29.1. The molecule has 0 unspecified atom stereocenters. The maximum Gasteiger partial charge on any atom is 0.262 e. The third kappa shape index (κ3) is 11.5. The zero-order chi connectivity index (χ0) is 28.7. The highest BCUT2D eigenvalue weighted by atomic mass is 28.4. The molecular weight excluding hydrogens is 503 g/mol. The number of hydrogen-bond donors (Lipinski definition) is 0. The second-order valence-electron chi connectivity index (χ2n) is 14.1. The summed E-state index contributed by atoms with van der Waals surface area (Å²) >= 11 is -0.759. The van der Waals surface area contributed by atoms with Crippen LogP contribution >= 0.6 is 0 Å². The second kappa shape index (κ2) is 17.9. The first kappa shape index (κ1) is 34.4. The largest absolute Gasteiger partial charge is 0.407 e. The predicted molar refractivity (Wildman–Crippen MR) is 180 cm³/mol. The molecule has 0 bridgehead atoms. The molecule has 0 aromatic heterocycles. The Labute approximate surface area is 249 Å². The van der Waals surface area contributed by atoms with Gasteiger partial charge in [-0.2, -0.15) is 0 Å². The van der Waals surface area contributed by atoms with E-state index < -0.39 is 22.5 Å². The number of benzene rings is 2. The van der Waals surface area contributed by atoms with Crippen molar-refractivity contribution in [1.29, 1.82) is 0 Å². The molecule has 0 radical (unpaired) electrons. The van der Waals surface area contributed by atoms with Gasteiger partial charge in [0, 0.05) is 6.61 Å². The van der Waals surface area contributed by atoms with Gasteiger partial charge in [0.25, 0.3) is 22.5 Å². The van der Waals surface area contributed by atoms with Crippen LogP contribution in [0.15, 0.2) is 60.7 Å². The van der Waals surface area contributed by atoms with Crippen molar-refractivity contribution in [2.24, 2.45) is 17.8 Å². The summed E-state index contributed by atoms with van der Waals surface area (Å²) in [6.07, 6.45) is 11.0. The summed E-state index contributed by atoms with van der Waals surface area (Å²) in [5.74, 6) is 2.50. The van der Waals surface area contributed by atoms with Gasteiger partial charge >= 0.3 is 0 Å². The van der Waals surface area contributed by atoms with Crippen LogP contribution in [0.5, 0.6) is 0 Å². The molecule has 0 spiro atoms. The van der Waals surface area contributed by atoms with Crippen molar-refractivity contribution in [1.82, 2.24) is 0 Å². The quantitative estimate of drug-likeness (QED) is 0.122. The molecule has 0 N–H and O–H groups in total. The lowest BCUT2D eigenvalue weighted by Gasteiger charge is -2.43. The fourth-order valence-electron chi connectivity index (χ4n) is 6.83. The Morgan fingerprint density at radius 3 is 1.62 bits per heavy atom. The Morgan fingerprint density at radius 2 is 1.15 bits per heavy atom. The van der Waals surface area contributed by atoms with Crippen LogP contribution in [0.25, 0.3) is 0 Å². The highest BCUT2D eigenvalue weighted by Gasteiger charge is 2.50. The standard InChI is InChI=1S/C28H43OSi.2C4H9.Al/c1-6-7-8-9-10-13-18-25(2)23-24-29-30(28(3,4)5,26-19-14-11-15-20-26)27-21-16-12-17-22-27;2*1-4(2)3;/h11-12,14-17,19-22,25H,2,6-10,13,18,23-24H2,1,3-5H3;2*4H,1H2,2-3H3;/t25-;;;/m1.../s1. The lowest BCUT2D eigenvalue weighted by Crippen LogP contribution is -2.66. The molecule has 1 nitrogen and oxygen atoms in total. The van der Waals surface area contributed by atoms with Crippen molar-refractivity contribution in [3.05, 3.63) is 60.7 Å². The van der Waals surface area contributed by atoms with Gasteiger partial charge in [0.15, 0.2) is 0 Å². The Morgan fingerprint density at radius 1 is 0.667 bits per heavy atom. The van der Waals surface area contributed by atoms with E-state index in [0.29, 0.717) is 0 Å². The molecule has 2 rings (SSSR count). The van der Waals surface area contributed by atoms with E-state index in [4.69, 9.17) is 4.43 Å². The Kier molecular flexibility index (Phi) is 15.7. The smallest absolute Gasteiger partial charge is 0.262 e. The van der Waals surface area contributed by atoms with E-state index in [-0.39, 0.29) is 5.04 Å². The Hall–Kier alpha value is -0.851. The molecule has 218 valence electrons. The van der Waals surface area contributed by atoms with Gasteiger partial charge in [0.1, 0.15) is 0 Å². The maximum atomic E-state index is 7.35. The van der Waals surface area contributed by atoms with Crippen LogP contribution in [0, 0.1) is 17.8 Å². The monoisotopic (exact) mass is 564 g/mol. The van der Waals surface area contributed by atoms with Crippen molar-refractivity contribution >= 4 is 32.8 Å². The van der Waals surface area contributed by atoms with Crippen molar-refractivity contribution in [3.8, 4) is 0 Å². The molecule has 1 atom stereocenters. The minimum atomic E-state index is -2.45. The summed E-state index contributed by atoms with van der Waals surface area (Å²) in [4.78, 5) is 0. The molecule has 0 aliphatic rings. The van der Waals surface area contributed by atoms with Gasteiger partial charge < -0.3 is 4.43 Å². The second-order valence-corrected chi connectivity index (χ2v) is 21.5. The average molecular weight is 565 g/mol. The SMILES string of the molecule is CCCCCCCC[C@H](CCO[Si](c1ccccc1)(c1ccccc1)C(C)(C)C)[CH2][Al]([CH2]C(C)C)[CH2]C(C)C. The molecule has 0 heterocycles. The average Bonchev–Trinajstić information content (AvgIpc) is 2.88. The van der Waals surface area contributed by atoms with Gasteiger partial charge in [-0.15, -0.1) is 0 Å². The Bertz CT molecular complexity index is 824. The van der Waals surface area contributed by atoms with E-state index in [0.717, 1.165) is 24.4 Å². The van der Waals surface area contributed by atoms with E-state index in [1.54, 1.807) is 0 Å². The van der Waals surface area contributed by atoms with E-state index in [2.05, 4.69) is 116 Å². The molecule has 0 fully saturated rings. The number of rotatable bonds is 19. The van der Waals surface area contributed by atoms with Crippen molar-refractivity contribution in [3.63, 3.8) is 0 Å². The van der Waals surface area contributed by atoms with E-state index >= 15 is 0 Å². The van der Waals surface area contributed by atoms with Crippen LogP contribution in [0.4, 0.5) is 0 Å². The highest BCUT2D eigenvalue weighted by Crippen LogP contribution is 2.37. The van der Waals surface area contributed by atoms with Gasteiger partial charge in [-0.25, -0.2) is 0 Å². The fraction of sp³-hybridized carbons (Fsp3) is 0.667. The molecule has 0 aliphatic heterocycles. The topological polar surface area (TPSA) is 9.23 Å². The third-order valence-electron chi connectivity index (χ3n) is 8.50. The summed E-state index contributed by atoms with van der Waals surface area (Å²) in [5.41, 5.74) is 0. The summed E-state index contributed by atoms with van der Waals surface area (Å²) < 4.78 is 7.35. The molecule has 0 aliphatic carbocycles. The van der Waals surface area contributed by atoms with Crippen LogP contribution < -0.4 is 10.4 Å². The molecule has 0 saturated heterocycles. The first-order chi connectivity index (χ1) is 18.6. The summed E-state index contributed by atoms with van der Waals surface area (Å²) in [6, 6.07) is 22.4. The third-order valence-corrected chi connectivity index (χ3v) is 18.1. The molecule has 2 aromatic carbocycles. The lowest BCUT2D eigenvalue weighted by atomic mass is 9.99. The van der Waals surface area contributed by atoms with Gasteiger partial charge in [0.05, 0.1) is 0 Å². The van der Waals surface area contributed by atoms with Gasteiger partial charge in [-0.3, -0.25) is 0 Å². The summed E-state index contributed by atoms with van der Waals surface area (Å²) in [5, 5.41) is 7.37. The minimum Gasteiger partial charge on any atom is -0.407 e. The van der Waals surface area contributed by atoms with Crippen LogP contribution in [0.2, 0.25) is 20.9 Å². The Balaban J connectivity index is 2.25. The molecule has 39 heavy (non-hydrogen) atoms. The van der Waals surface area contributed by atoms with Crippen molar-refractivity contribution in [2.45, 2.75) is 128 Å². The van der Waals surface area contributed by atoms with Gasteiger partial charge in [0.2, 0.25) is 0 Å². The van der Waals surface area contributed by atoms with E-state index in [1.165, 1.54) is 77.6 Å². The first-order valence-corrected chi connectivity index (χ1v) is 20.7. The minimum absolute atomic E-state index is 0.0526. The lowest BCUT2D eigenvalue weighted by molar-refractivity contribution is 0.261. The van der Waals surface area contributed by atoms with Crippen LogP contribution in [0.3, 0.4) is 0 Å². The fourth-order valence-corrected chi connectivity index (χ4v) is 16.1. The molecule has 3 heteroatoms. The molecular formula is C36H61AlOSi. The molecule has 0 saturated carbocycles. The maximum absolute atomic E-state index is 7.35. The van der Waals surface area contributed by atoms with Gasteiger partial charge in [-0.05, 0) is 21.8 Å². The van der Waals surface area contributed by atoms with Crippen LogP contribution in [-0.4, -0.2) is 29.1 Å². The molecule has 0 amide bonds. The summed E-state index contributed by atoms with van der Waals surface area (Å²) in [7, 11) is -2.45. The summed E-state index contributed by atoms with van der Waals surface area (Å²) in [6.45, 7) is 20.2. The highest BCUT2D eigenvalue weighted by molar-refractivity contribution is 6.99. The first-order valence-electron chi connectivity index (χ1n) is 16.3. The van der Waals surface area contributed by atoms with E-state index in [1.807, 2.05) is 0 Å². The predicted octanol–water partition coefficient (Wildman–Crippen LogP) is 10.1. The van der Waals surface area contributed by atoms with Crippen molar-refractivity contribution in [2.75, 3.05) is 6.61 Å². The zero-order valence-electron chi connectivity index (χ0n) is 27.0. The number of hydrogen-bond acceptors (Lipinski definition) is 1. The number of unbranched alkanes of at least 4 members (excludes halogenated alkanes) is 5. The van der Waals surface area contributed by atoms with Crippen molar-refractivity contribution < 1.29 is 4.43 Å².